The average molecular weight is 503 g/mol. The third-order valence-corrected chi connectivity index (χ3v) is 8.75. The summed E-state index contributed by atoms with van der Waals surface area (Å²) in [7, 11) is -3.87. The predicted molar refractivity (Wildman–Crippen MR) is 129 cm³/mol. The second kappa shape index (κ2) is 9.59. The number of amidine groups is 1. The van der Waals surface area contributed by atoms with Gasteiger partial charge in [-0.05, 0) is 42.5 Å². The largest absolute Gasteiger partial charge is 0.384 e. The summed E-state index contributed by atoms with van der Waals surface area (Å²) in [6.07, 6.45) is 3.89. The van der Waals surface area contributed by atoms with Crippen molar-refractivity contribution in [2.24, 2.45) is 5.73 Å². The maximum absolute atomic E-state index is 12.9. The van der Waals surface area contributed by atoms with E-state index in [1.165, 1.54) is 17.8 Å². The number of benzene rings is 1. The van der Waals surface area contributed by atoms with Crippen molar-refractivity contribution in [2.75, 3.05) is 12.8 Å². The van der Waals surface area contributed by atoms with Crippen molar-refractivity contribution >= 4 is 44.9 Å². The van der Waals surface area contributed by atoms with Crippen LogP contribution in [0.4, 0.5) is 0 Å². The number of nitrogens with one attached hydrogen (secondary N) is 2. The van der Waals surface area contributed by atoms with Gasteiger partial charge in [-0.25, -0.2) is 18.4 Å². The first kappa shape index (κ1) is 23.4. The number of thiophene rings is 1. The van der Waals surface area contributed by atoms with Gasteiger partial charge in [-0.2, -0.15) is 4.72 Å². The van der Waals surface area contributed by atoms with E-state index in [4.69, 9.17) is 11.1 Å². The first-order valence-corrected chi connectivity index (χ1v) is 13.5. The molecule has 172 valence electrons. The number of nitrogens with zero attached hydrogens (tertiary/aromatic N) is 3. The Morgan fingerprint density at radius 1 is 1.33 bits per heavy atom. The third-order valence-electron chi connectivity index (χ3n) is 5.12. The van der Waals surface area contributed by atoms with Gasteiger partial charge in [0.05, 0.1) is 10.6 Å². The van der Waals surface area contributed by atoms with Gasteiger partial charge in [0, 0.05) is 24.8 Å². The molecule has 2 aromatic heterocycles. The van der Waals surface area contributed by atoms with E-state index >= 15 is 0 Å². The number of hydrogen-bond donors (Lipinski definition) is 3. The summed E-state index contributed by atoms with van der Waals surface area (Å²) in [5, 5.41) is 8.16. The lowest BCUT2D eigenvalue weighted by Crippen LogP contribution is -2.41. The van der Waals surface area contributed by atoms with Crippen LogP contribution in [-0.4, -0.2) is 53.9 Å². The van der Waals surface area contributed by atoms with Crippen LogP contribution in [0.25, 0.3) is 10.6 Å². The van der Waals surface area contributed by atoms with Gasteiger partial charge in [0.15, 0.2) is 5.16 Å². The number of carbonyl (C=O) groups is 1. The molecule has 4 N–H and O–H groups in total. The molecule has 1 aliphatic rings. The molecule has 0 aliphatic carbocycles. The molecule has 1 saturated heterocycles. The van der Waals surface area contributed by atoms with Crippen molar-refractivity contribution in [3.05, 3.63) is 59.8 Å². The van der Waals surface area contributed by atoms with Gasteiger partial charge in [0.25, 0.3) is 10.0 Å². The lowest BCUT2D eigenvalue weighted by Gasteiger charge is -2.17. The van der Waals surface area contributed by atoms with Crippen LogP contribution >= 0.6 is 23.1 Å². The lowest BCUT2D eigenvalue weighted by atomic mass is 10.1. The van der Waals surface area contributed by atoms with Crippen LogP contribution < -0.4 is 10.5 Å². The molecule has 0 unspecified atom stereocenters. The molecule has 0 saturated carbocycles. The molecule has 9 nitrogen and oxygen atoms in total. The van der Waals surface area contributed by atoms with Crippen LogP contribution in [0, 0.1) is 5.41 Å². The zero-order valence-corrected chi connectivity index (χ0v) is 20.1. The van der Waals surface area contributed by atoms with Crippen LogP contribution in [0.15, 0.2) is 58.0 Å². The van der Waals surface area contributed by atoms with E-state index in [2.05, 4.69) is 14.7 Å². The zero-order chi connectivity index (χ0) is 23.6. The minimum Gasteiger partial charge on any atom is -0.384 e. The van der Waals surface area contributed by atoms with Crippen molar-refractivity contribution in [1.82, 2.24) is 19.6 Å². The topological polar surface area (TPSA) is 142 Å². The van der Waals surface area contributed by atoms with Gasteiger partial charge in [-0.1, -0.05) is 30.0 Å². The van der Waals surface area contributed by atoms with Gasteiger partial charge in [0.1, 0.15) is 16.1 Å². The van der Waals surface area contributed by atoms with Gasteiger partial charge in [0.2, 0.25) is 5.91 Å². The molecule has 1 aliphatic heterocycles. The quantitative estimate of drug-likeness (QED) is 0.186. The van der Waals surface area contributed by atoms with E-state index in [9.17, 15) is 13.2 Å². The normalized spacial score (nSPS) is 16.3. The van der Waals surface area contributed by atoms with E-state index in [1.807, 2.05) is 12.3 Å². The van der Waals surface area contributed by atoms with Crippen LogP contribution in [0.3, 0.4) is 0 Å². The molecule has 1 aromatic carbocycles. The molecule has 3 heterocycles. The number of nitrogen functional groups attached to an aromatic ring is 1. The number of thioether (sulfide) groups is 1. The molecular weight excluding hydrogens is 480 g/mol. The number of rotatable bonds is 8. The van der Waals surface area contributed by atoms with E-state index in [1.54, 1.807) is 41.4 Å². The maximum Gasteiger partial charge on any atom is 0.250 e. The van der Waals surface area contributed by atoms with Crippen molar-refractivity contribution in [3.63, 3.8) is 0 Å². The fourth-order valence-electron chi connectivity index (χ4n) is 3.49. The standard InChI is InChI=1S/C21H22N6O3S3/c1-31-21-24-9-7-15(25-21)17-5-6-18(32-17)33(29,30)26-16-8-10-27(20(16)28)12-13-3-2-4-14(11-13)19(22)23/h2-7,9,11,16,26H,8,10,12H2,1H3,(H3,22,23)/t16-/m0/s1. The third kappa shape index (κ3) is 5.24. The molecule has 12 heteroatoms. The second-order valence-electron chi connectivity index (χ2n) is 7.38. The molecule has 1 atom stereocenters. The highest BCUT2D eigenvalue weighted by Crippen LogP contribution is 2.30. The van der Waals surface area contributed by atoms with Gasteiger partial charge in [-0.15, -0.1) is 11.3 Å². The van der Waals surface area contributed by atoms with E-state index in [0.29, 0.717) is 40.8 Å². The Morgan fingerprint density at radius 3 is 2.91 bits per heavy atom. The molecule has 0 bridgehead atoms. The predicted octanol–water partition coefficient (Wildman–Crippen LogP) is 2.29. The smallest absolute Gasteiger partial charge is 0.250 e. The monoisotopic (exact) mass is 502 g/mol. The summed E-state index contributed by atoms with van der Waals surface area (Å²) < 4.78 is 28.6. The summed E-state index contributed by atoms with van der Waals surface area (Å²) in [5.74, 6) is -0.318. The number of hydrogen-bond acceptors (Lipinski definition) is 8. The number of sulfonamides is 1. The lowest BCUT2D eigenvalue weighted by molar-refractivity contribution is -0.129. The highest BCUT2D eigenvalue weighted by molar-refractivity contribution is 7.98. The molecule has 0 radical (unpaired) electrons. The Kier molecular flexibility index (Phi) is 6.79. The zero-order valence-electron chi connectivity index (χ0n) is 17.7. The molecule has 33 heavy (non-hydrogen) atoms. The molecule has 1 fully saturated rings. The summed E-state index contributed by atoms with van der Waals surface area (Å²) in [4.78, 5) is 23.7. The molecule has 1 amide bonds. The average Bonchev–Trinajstić information content (AvgIpc) is 3.43. The van der Waals surface area contributed by atoms with Crippen LogP contribution in [0.1, 0.15) is 17.5 Å². The van der Waals surface area contributed by atoms with Crippen molar-refractivity contribution in [1.29, 1.82) is 5.41 Å². The Hall–Kier alpha value is -2.80. The van der Waals surface area contributed by atoms with E-state index < -0.39 is 16.1 Å². The summed E-state index contributed by atoms with van der Waals surface area (Å²) in [6, 6.07) is 11.3. The Balaban J connectivity index is 1.44. The fraction of sp³-hybridized carbons (Fsp3) is 0.238. The number of aromatic nitrogens is 2. The van der Waals surface area contributed by atoms with Crippen LogP contribution in [-0.2, 0) is 21.4 Å². The van der Waals surface area contributed by atoms with E-state index in [-0.39, 0.29) is 16.0 Å². The summed E-state index contributed by atoms with van der Waals surface area (Å²) in [6.45, 7) is 0.761. The van der Waals surface area contributed by atoms with Crippen LogP contribution in [0.2, 0.25) is 0 Å². The number of likely N-dealkylation sites (tertiary alicyclic amines) is 1. The molecule has 4 rings (SSSR count). The van der Waals surface area contributed by atoms with Gasteiger partial charge in [-0.3, -0.25) is 10.2 Å². The molecular formula is C21H22N6O3S3. The minimum absolute atomic E-state index is 0.0443. The van der Waals surface area contributed by atoms with Crippen molar-refractivity contribution < 1.29 is 13.2 Å². The Morgan fingerprint density at radius 2 is 2.15 bits per heavy atom. The second-order valence-corrected chi connectivity index (χ2v) is 11.2. The minimum atomic E-state index is -3.87. The molecule has 0 spiro atoms. The summed E-state index contributed by atoms with van der Waals surface area (Å²) >= 11 is 2.50. The highest BCUT2D eigenvalue weighted by atomic mass is 32.2. The SMILES string of the molecule is CSc1nccc(-c2ccc(S(=O)(=O)N[C@H]3CCN(Cc4cccc(C(=N)N)c4)C3=O)s2)n1. The molecule has 3 aromatic rings. The first-order chi connectivity index (χ1) is 15.8. The Labute approximate surface area is 200 Å². The van der Waals surface area contributed by atoms with Crippen LogP contribution in [0.5, 0.6) is 0 Å². The number of carbonyl (C=O) groups excluding carboxylic acids is 1. The maximum atomic E-state index is 12.9. The number of nitrogens with two attached hydrogens (primary N) is 1. The van der Waals surface area contributed by atoms with Crippen molar-refractivity contribution in [2.45, 2.75) is 28.4 Å². The summed E-state index contributed by atoms with van der Waals surface area (Å²) in [5.41, 5.74) is 7.60. The van der Waals surface area contributed by atoms with Gasteiger partial charge < -0.3 is 10.6 Å². The Bertz CT molecular complexity index is 1310. The number of amides is 1. The van der Waals surface area contributed by atoms with Gasteiger partial charge >= 0.3 is 0 Å². The van der Waals surface area contributed by atoms with E-state index in [0.717, 1.165) is 16.9 Å². The fourth-order valence-corrected chi connectivity index (χ4v) is 6.36. The first-order valence-electron chi connectivity index (χ1n) is 9.98. The van der Waals surface area contributed by atoms with Crippen molar-refractivity contribution in [3.8, 4) is 10.6 Å². The highest BCUT2D eigenvalue weighted by Gasteiger charge is 2.35.